The minimum atomic E-state index is 0.0153. The quantitative estimate of drug-likeness (QED) is 0.336. The molecule has 0 aliphatic heterocycles. The lowest BCUT2D eigenvalue weighted by Crippen LogP contribution is -2.25. The van der Waals surface area contributed by atoms with E-state index in [4.69, 9.17) is 5.11 Å². The average molecular weight is 350 g/mol. The Hall–Kier alpha value is -1.09. The Labute approximate surface area is 155 Å². The van der Waals surface area contributed by atoms with Gasteiger partial charge in [-0.3, -0.25) is 4.79 Å². The van der Waals surface area contributed by atoms with Gasteiger partial charge in [-0.15, -0.1) is 0 Å². The standard InChI is InChI=1S/C22H39NO2/c1-2-3-4-5-6-9-13-20-15-12-16-21(20)14-10-7-8-11-17-22(25)23-18-19-24/h7,9-10,13,20-21,24H,2-6,8,11-12,14-19H2,1H3,(H,23,25)/b10-7-,13-9+/t20?,21-/m0/s1. The molecule has 1 rings (SSSR count). The van der Waals surface area contributed by atoms with Gasteiger partial charge in [0.05, 0.1) is 6.61 Å². The first-order valence-electron chi connectivity index (χ1n) is 10.5. The summed E-state index contributed by atoms with van der Waals surface area (Å²) in [6.45, 7) is 2.64. The highest BCUT2D eigenvalue weighted by Gasteiger charge is 2.23. The summed E-state index contributed by atoms with van der Waals surface area (Å²) in [7, 11) is 0. The van der Waals surface area contributed by atoms with Crippen molar-refractivity contribution in [1.82, 2.24) is 5.32 Å². The zero-order valence-corrected chi connectivity index (χ0v) is 16.2. The van der Waals surface area contributed by atoms with Crippen LogP contribution < -0.4 is 5.32 Å². The maximum absolute atomic E-state index is 11.4. The number of carbonyl (C=O) groups excluding carboxylic acids is 1. The highest BCUT2D eigenvalue weighted by atomic mass is 16.3. The molecule has 144 valence electrons. The lowest BCUT2D eigenvalue weighted by Gasteiger charge is -2.14. The van der Waals surface area contributed by atoms with E-state index in [1.807, 2.05) is 0 Å². The Kier molecular flexibility index (Phi) is 13.3. The fourth-order valence-corrected chi connectivity index (χ4v) is 3.62. The number of allylic oxidation sites excluding steroid dienone is 4. The van der Waals surface area contributed by atoms with Gasteiger partial charge in [0, 0.05) is 13.0 Å². The van der Waals surface area contributed by atoms with E-state index in [-0.39, 0.29) is 12.5 Å². The summed E-state index contributed by atoms with van der Waals surface area (Å²) in [5, 5.41) is 11.3. The molecule has 0 spiro atoms. The molecule has 0 heterocycles. The molecule has 0 aromatic heterocycles. The minimum absolute atomic E-state index is 0.0153. The van der Waals surface area contributed by atoms with Crippen LogP contribution in [0.15, 0.2) is 24.3 Å². The van der Waals surface area contributed by atoms with Gasteiger partial charge in [-0.2, -0.15) is 0 Å². The van der Waals surface area contributed by atoms with Crippen LogP contribution >= 0.6 is 0 Å². The van der Waals surface area contributed by atoms with Gasteiger partial charge in [0.15, 0.2) is 0 Å². The molecule has 2 N–H and O–H groups in total. The molecule has 1 aliphatic rings. The molecule has 1 unspecified atom stereocenters. The van der Waals surface area contributed by atoms with E-state index in [1.165, 1.54) is 57.8 Å². The van der Waals surface area contributed by atoms with Crippen LogP contribution in [0.2, 0.25) is 0 Å². The predicted molar refractivity (Wildman–Crippen MR) is 106 cm³/mol. The Bertz CT molecular complexity index is 389. The van der Waals surface area contributed by atoms with Crippen molar-refractivity contribution in [3.8, 4) is 0 Å². The summed E-state index contributed by atoms with van der Waals surface area (Å²) >= 11 is 0. The zero-order chi connectivity index (χ0) is 18.2. The second-order valence-corrected chi connectivity index (χ2v) is 7.31. The highest BCUT2D eigenvalue weighted by Crippen LogP contribution is 2.35. The summed E-state index contributed by atoms with van der Waals surface area (Å²) < 4.78 is 0. The molecule has 0 saturated heterocycles. The van der Waals surface area contributed by atoms with Crippen molar-refractivity contribution in [2.45, 2.75) is 84.0 Å². The van der Waals surface area contributed by atoms with E-state index in [2.05, 4.69) is 36.5 Å². The average Bonchev–Trinajstić information content (AvgIpc) is 3.06. The molecular weight excluding hydrogens is 310 g/mol. The first kappa shape index (κ1) is 22.0. The third-order valence-electron chi connectivity index (χ3n) is 5.14. The number of rotatable bonds is 14. The maximum Gasteiger partial charge on any atom is 0.220 e. The first-order chi connectivity index (χ1) is 12.3. The lowest BCUT2D eigenvalue weighted by atomic mass is 9.92. The number of aliphatic hydroxyl groups is 1. The van der Waals surface area contributed by atoms with Gasteiger partial charge >= 0.3 is 0 Å². The molecule has 1 fully saturated rings. The van der Waals surface area contributed by atoms with Gasteiger partial charge in [-0.1, -0.05) is 56.9 Å². The maximum atomic E-state index is 11.4. The summed E-state index contributed by atoms with van der Waals surface area (Å²) in [5.74, 6) is 1.64. The minimum Gasteiger partial charge on any atom is -0.395 e. The fraction of sp³-hybridized carbons (Fsp3) is 0.773. The molecule has 25 heavy (non-hydrogen) atoms. The molecule has 0 aromatic rings. The molecule has 0 aromatic carbocycles. The predicted octanol–water partition coefficient (Wildman–Crippen LogP) is 5.15. The van der Waals surface area contributed by atoms with Gasteiger partial charge in [0.1, 0.15) is 0 Å². The highest BCUT2D eigenvalue weighted by molar-refractivity contribution is 5.75. The van der Waals surface area contributed by atoms with E-state index in [0.29, 0.717) is 13.0 Å². The number of carbonyl (C=O) groups is 1. The van der Waals surface area contributed by atoms with Crippen molar-refractivity contribution < 1.29 is 9.90 Å². The van der Waals surface area contributed by atoms with Crippen LogP contribution in [-0.2, 0) is 4.79 Å². The number of aliphatic hydroxyl groups excluding tert-OH is 1. The molecule has 0 radical (unpaired) electrons. The van der Waals surface area contributed by atoms with E-state index in [1.54, 1.807) is 0 Å². The van der Waals surface area contributed by atoms with E-state index >= 15 is 0 Å². The van der Waals surface area contributed by atoms with Crippen LogP contribution in [-0.4, -0.2) is 24.2 Å². The number of amides is 1. The lowest BCUT2D eigenvalue weighted by molar-refractivity contribution is -0.121. The number of unbranched alkanes of at least 4 members (excludes halogenated alkanes) is 5. The Morgan fingerprint density at radius 1 is 1.08 bits per heavy atom. The van der Waals surface area contributed by atoms with Crippen LogP contribution in [0.25, 0.3) is 0 Å². The number of hydrogen-bond acceptors (Lipinski definition) is 2. The second-order valence-electron chi connectivity index (χ2n) is 7.31. The molecule has 3 nitrogen and oxygen atoms in total. The Morgan fingerprint density at radius 3 is 2.72 bits per heavy atom. The van der Waals surface area contributed by atoms with Crippen molar-refractivity contribution in [3.05, 3.63) is 24.3 Å². The zero-order valence-electron chi connectivity index (χ0n) is 16.2. The molecule has 2 atom stereocenters. The van der Waals surface area contributed by atoms with Crippen LogP contribution in [0.5, 0.6) is 0 Å². The van der Waals surface area contributed by atoms with Crippen LogP contribution in [0, 0.1) is 11.8 Å². The third-order valence-corrected chi connectivity index (χ3v) is 5.14. The molecule has 3 heteroatoms. The number of nitrogens with one attached hydrogen (secondary N) is 1. The molecule has 1 aliphatic carbocycles. The van der Waals surface area contributed by atoms with Gasteiger partial charge in [0.2, 0.25) is 5.91 Å². The van der Waals surface area contributed by atoms with Crippen LogP contribution in [0.3, 0.4) is 0 Å². The summed E-state index contributed by atoms with van der Waals surface area (Å²) in [4.78, 5) is 11.4. The van der Waals surface area contributed by atoms with E-state index < -0.39 is 0 Å². The monoisotopic (exact) mass is 349 g/mol. The molecular formula is C22H39NO2. The van der Waals surface area contributed by atoms with Crippen molar-refractivity contribution >= 4 is 5.91 Å². The van der Waals surface area contributed by atoms with Crippen molar-refractivity contribution in [2.75, 3.05) is 13.2 Å². The summed E-state index contributed by atoms with van der Waals surface area (Å²) in [6.07, 6.45) is 23.8. The van der Waals surface area contributed by atoms with Crippen LogP contribution in [0.1, 0.15) is 84.0 Å². The van der Waals surface area contributed by atoms with Gasteiger partial charge in [-0.05, 0) is 56.8 Å². The normalized spacial score (nSPS) is 20.7. The number of hydrogen-bond donors (Lipinski definition) is 2. The topological polar surface area (TPSA) is 49.3 Å². The van der Waals surface area contributed by atoms with Crippen molar-refractivity contribution in [1.29, 1.82) is 0 Å². The Balaban J connectivity index is 2.11. The Morgan fingerprint density at radius 2 is 1.92 bits per heavy atom. The van der Waals surface area contributed by atoms with Crippen molar-refractivity contribution in [3.63, 3.8) is 0 Å². The largest absolute Gasteiger partial charge is 0.395 e. The van der Waals surface area contributed by atoms with Gasteiger partial charge in [0.25, 0.3) is 0 Å². The second kappa shape index (κ2) is 15.2. The molecule has 1 amide bonds. The van der Waals surface area contributed by atoms with Gasteiger partial charge in [-0.25, -0.2) is 0 Å². The van der Waals surface area contributed by atoms with Crippen molar-refractivity contribution in [2.24, 2.45) is 11.8 Å². The smallest absolute Gasteiger partial charge is 0.220 e. The molecule has 0 bridgehead atoms. The van der Waals surface area contributed by atoms with E-state index in [0.717, 1.165) is 24.7 Å². The first-order valence-corrected chi connectivity index (χ1v) is 10.5. The van der Waals surface area contributed by atoms with E-state index in [9.17, 15) is 4.79 Å². The van der Waals surface area contributed by atoms with Crippen LogP contribution in [0.4, 0.5) is 0 Å². The van der Waals surface area contributed by atoms with Gasteiger partial charge < -0.3 is 10.4 Å². The third kappa shape index (κ3) is 11.2. The fourth-order valence-electron chi connectivity index (χ4n) is 3.62. The summed E-state index contributed by atoms with van der Waals surface area (Å²) in [6, 6.07) is 0. The SMILES string of the molecule is CCCCCC/C=C/C1CCC[C@@H]1C/C=C\CCCC(=O)NCCO. The summed E-state index contributed by atoms with van der Waals surface area (Å²) in [5.41, 5.74) is 0. The molecule has 1 saturated carbocycles.